The summed E-state index contributed by atoms with van der Waals surface area (Å²) in [5.41, 5.74) is 13.9. The third-order valence-electron chi connectivity index (χ3n) is 14.1. The van der Waals surface area contributed by atoms with Crippen molar-refractivity contribution >= 4 is 61.9 Å². The predicted molar refractivity (Wildman–Crippen MR) is 330 cm³/mol. The van der Waals surface area contributed by atoms with E-state index in [0.29, 0.717) is 6.54 Å². The van der Waals surface area contributed by atoms with Gasteiger partial charge in [-0.15, -0.1) is 6.54 Å². The number of carbonyl (C=O) groups is 1. The SMILES string of the molecule is [CH2-]CNC(C)=O.[Rh+3].c1ccc(CN(Cc2ccccn2)Cc2ccccn2)nc1.c1ccc([B-](c2ccccc2)(c2ccccc2)c2ccccc2)cc1.c1ccc([B-](c2ccccc2)(c2ccccc2)c2ccccc2)cc1. The Balaban J connectivity index is 0.000000162. The first-order valence-corrected chi connectivity index (χ1v) is 26.7. The number of hydrogen-bond donors (Lipinski definition) is 1. The molecule has 0 fully saturated rings. The fourth-order valence-electron chi connectivity index (χ4n) is 10.7. The number of nitrogens with one attached hydrogen (secondary N) is 1. The summed E-state index contributed by atoms with van der Waals surface area (Å²) >= 11 is 0. The number of nitrogens with zero attached hydrogens (tertiary/aromatic N) is 4. The molecule has 0 saturated heterocycles. The van der Waals surface area contributed by atoms with E-state index in [9.17, 15) is 4.79 Å². The third-order valence-corrected chi connectivity index (χ3v) is 14.1. The van der Waals surface area contributed by atoms with E-state index >= 15 is 0 Å². The quantitative estimate of drug-likeness (QED) is 0.0820. The summed E-state index contributed by atoms with van der Waals surface area (Å²) in [6.45, 7) is 7.65. The van der Waals surface area contributed by atoms with Crippen molar-refractivity contribution in [3.63, 3.8) is 0 Å². The molecule has 0 aliphatic rings. The molecule has 0 saturated carbocycles. The van der Waals surface area contributed by atoms with Gasteiger partial charge in [-0.2, -0.15) is 43.7 Å². The van der Waals surface area contributed by atoms with Crippen molar-refractivity contribution < 1.29 is 24.3 Å². The molecule has 1 amide bonds. The van der Waals surface area contributed by atoms with Gasteiger partial charge in [-0.3, -0.25) is 24.6 Å². The Hall–Kier alpha value is -8.61. The molecule has 9 heteroatoms. The van der Waals surface area contributed by atoms with Gasteiger partial charge in [-0.1, -0.05) is 261 Å². The molecular formula is C70H66B2N5ORh. The fourth-order valence-corrected chi connectivity index (χ4v) is 10.7. The number of amides is 1. The van der Waals surface area contributed by atoms with Gasteiger partial charge >= 0.3 is 19.5 Å². The van der Waals surface area contributed by atoms with Crippen LogP contribution in [0, 0.1) is 6.92 Å². The molecule has 79 heavy (non-hydrogen) atoms. The van der Waals surface area contributed by atoms with Gasteiger partial charge in [0.25, 0.3) is 0 Å². The molecule has 11 rings (SSSR count). The van der Waals surface area contributed by atoms with Gasteiger partial charge < -0.3 is 12.2 Å². The molecular weight excluding hydrogens is 1050 g/mol. The van der Waals surface area contributed by atoms with Crippen molar-refractivity contribution in [3.8, 4) is 0 Å². The van der Waals surface area contributed by atoms with Gasteiger partial charge in [0.15, 0.2) is 0 Å². The molecule has 0 unspecified atom stereocenters. The van der Waals surface area contributed by atoms with E-state index in [-0.39, 0.29) is 25.4 Å². The molecule has 6 nitrogen and oxygen atoms in total. The van der Waals surface area contributed by atoms with Crippen molar-refractivity contribution in [1.29, 1.82) is 0 Å². The van der Waals surface area contributed by atoms with Crippen molar-refractivity contribution in [2.24, 2.45) is 0 Å². The maximum atomic E-state index is 9.89. The van der Waals surface area contributed by atoms with E-state index in [4.69, 9.17) is 0 Å². The predicted octanol–water partition coefficient (Wildman–Crippen LogP) is 9.16. The smallest absolute Gasteiger partial charge is 0.386 e. The summed E-state index contributed by atoms with van der Waals surface area (Å²) in [5.74, 6) is -0.0231. The molecule has 0 atom stereocenters. The minimum absolute atomic E-state index is 0. The van der Waals surface area contributed by atoms with E-state index in [0.717, 1.165) is 36.7 Å². The molecule has 8 aromatic carbocycles. The molecule has 0 aliphatic heterocycles. The summed E-state index contributed by atoms with van der Waals surface area (Å²) in [6, 6.07) is 105. The van der Waals surface area contributed by atoms with Crippen LogP contribution in [0.25, 0.3) is 0 Å². The second-order valence-electron chi connectivity index (χ2n) is 19.1. The van der Waals surface area contributed by atoms with Crippen molar-refractivity contribution in [2.75, 3.05) is 6.54 Å². The zero-order valence-corrected chi connectivity index (χ0v) is 46.4. The van der Waals surface area contributed by atoms with Gasteiger partial charge in [0.2, 0.25) is 5.91 Å². The molecule has 0 radical (unpaired) electrons. The second kappa shape index (κ2) is 31.0. The van der Waals surface area contributed by atoms with Gasteiger partial charge in [0.05, 0.1) is 17.1 Å². The van der Waals surface area contributed by atoms with Gasteiger partial charge in [0, 0.05) is 45.1 Å². The third kappa shape index (κ3) is 15.5. The number of rotatable bonds is 15. The first-order valence-electron chi connectivity index (χ1n) is 26.7. The van der Waals surface area contributed by atoms with Gasteiger partial charge in [-0.05, 0) is 36.4 Å². The monoisotopic (exact) mass is 1120 g/mol. The van der Waals surface area contributed by atoms with Crippen molar-refractivity contribution in [2.45, 2.75) is 26.6 Å². The fraction of sp³-hybridized carbons (Fsp3) is 0.0714. The Morgan fingerprint density at radius 1 is 0.342 bits per heavy atom. The van der Waals surface area contributed by atoms with Crippen LogP contribution in [0.3, 0.4) is 0 Å². The maximum absolute atomic E-state index is 9.89. The van der Waals surface area contributed by atoms with Crippen LogP contribution in [0.4, 0.5) is 0 Å². The van der Waals surface area contributed by atoms with E-state index < -0.39 is 12.3 Å². The Morgan fingerprint density at radius 2 is 0.532 bits per heavy atom. The van der Waals surface area contributed by atoms with Crippen LogP contribution >= 0.6 is 0 Å². The second-order valence-corrected chi connectivity index (χ2v) is 19.1. The molecule has 3 aromatic heterocycles. The Morgan fingerprint density at radius 3 is 0.671 bits per heavy atom. The number of hydrogen-bond acceptors (Lipinski definition) is 5. The molecule has 0 aliphatic carbocycles. The first kappa shape index (κ1) is 58.1. The molecule has 0 spiro atoms. The average molecular weight is 1120 g/mol. The standard InChI is InChI=1S/2C24H20B.C18H18N4.C4H8NO.Rh/c2*1-5-13-21(14-6-1)25(22-15-7-2-8-16-22,23-17-9-3-10-18-23)24-19-11-4-12-20-24;1-4-10-19-16(7-1)13-22(14-17-8-2-5-11-20-17)15-18-9-3-6-12-21-18;1-3-5-4(2)6;/h2*1-20H;1-12H,13-15H2;1,3H2,2H3,(H,5,6);/q2*-1;;-1;+3. The van der Waals surface area contributed by atoms with Crippen LogP contribution in [0.1, 0.15) is 24.0 Å². The Bertz CT molecular complexity index is 2800. The minimum atomic E-state index is -1.22. The summed E-state index contributed by atoms with van der Waals surface area (Å²) in [6.07, 6.45) is 3.05. The summed E-state index contributed by atoms with van der Waals surface area (Å²) < 4.78 is 0. The van der Waals surface area contributed by atoms with E-state index in [1.807, 2.05) is 73.2 Å². The molecule has 0 bridgehead atoms. The maximum Gasteiger partial charge on any atom is 3.00 e. The Kier molecular flexibility index (Phi) is 22.8. The topological polar surface area (TPSA) is 71.0 Å². The molecule has 11 aromatic rings. The average Bonchev–Trinajstić information content (AvgIpc) is 3.53. The molecule has 392 valence electrons. The van der Waals surface area contributed by atoms with Gasteiger partial charge in [0.1, 0.15) is 12.3 Å². The normalized spacial score (nSPS) is 10.7. The Labute approximate surface area is 481 Å². The van der Waals surface area contributed by atoms with Crippen LogP contribution in [0.2, 0.25) is 0 Å². The van der Waals surface area contributed by atoms with Crippen LogP contribution in [-0.4, -0.2) is 44.6 Å². The van der Waals surface area contributed by atoms with Crippen LogP contribution in [0.15, 0.2) is 316 Å². The first-order chi connectivity index (χ1) is 38.5. The van der Waals surface area contributed by atoms with E-state index in [2.05, 4.69) is 275 Å². The zero-order chi connectivity index (χ0) is 53.9. The van der Waals surface area contributed by atoms with E-state index in [1.54, 1.807) is 0 Å². The summed E-state index contributed by atoms with van der Waals surface area (Å²) in [5, 5.41) is 2.46. The molecule has 3 heterocycles. The summed E-state index contributed by atoms with van der Waals surface area (Å²) in [7, 11) is 0. The summed E-state index contributed by atoms with van der Waals surface area (Å²) in [4.78, 5) is 25.4. The van der Waals surface area contributed by atoms with Crippen LogP contribution in [-0.2, 0) is 43.9 Å². The van der Waals surface area contributed by atoms with Crippen LogP contribution in [0.5, 0.6) is 0 Å². The number of carbonyl (C=O) groups excluding carboxylic acids is 1. The van der Waals surface area contributed by atoms with E-state index in [1.165, 1.54) is 50.6 Å². The van der Waals surface area contributed by atoms with Crippen molar-refractivity contribution in [3.05, 3.63) is 340 Å². The number of pyridine rings is 3. The number of aromatic nitrogens is 3. The molecule has 1 N–H and O–H groups in total. The van der Waals surface area contributed by atoms with Gasteiger partial charge in [-0.25, -0.2) is 0 Å². The minimum Gasteiger partial charge on any atom is -0.386 e. The van der Waals surface area contributed by atoms with Crippen molar-refractivity contribution in [1.82, 2.24) is 25.2 Å². The zero-order valence-electron chi connectivity index (χ0n) is 44.7. The number of benzene rings is 8. The largest absolute Gasteiger partial charge is 3.00 e. The van der Waals surface area contributed by atoms with Crippen LogP contribution < -0.4 is 49.0 Å².